The Hall–Kier alpha value is -1.35. The van der Waals surface area contributed by atoms with Crippen LogP contribution in [0.3, 0.4) is 0 Å². The molecule has 1 aliphatic carbocycles. The summed E-state index contributed by atoms with van der Waals surface area (Å²) in [6, 6.07) is 4.54. The second-order valence-corrected chi connectivity index (χ2v) is 6.88. The minimum Gasteiger partial charge on any atom is -0.495 e. The third-order valence-electron chi connectivity index (χ3n) is 3.24. The maximum atomic E-state index is 12.4. The highest BCUT2D eigenvalue weighted by Gasteiger charge is 2.30. The maximum absolute atomic E-state index is 12.4. The molecular weight excluding hydrogens is 342 g/mol. The Morgan fingerprint density at radius 1 is 1.39 bits per heavy atom. The van der Waals surface area contributed by atoms with E-state index in [1.54, 1.807) is 6.07 Å². The normalized spacial score (nSPS) is 14.0. The highest BCUT2D eigenvalue weighted by atomic mass is 35.5. The lowest BCUT2D eigenvalue weighted by Gasteiger charge is -2.12. The Bertz CT molecular complexity index is 647. The van der Waals surface area contributed by atoms with E-state index in [9.17, 15) is 13.2 Å². The summed E-state index contributed by atoms with van der Waals surface area (Å²) in [5.41, 5.74) is 5.77. The monoisotopic (exact) mass is 363 g/mol. The first-order valence-electron chi connectivity index (χ1n) is 7.16. The van der Waals surface area contributed by atoms with E-state index in [4.69, 9.17) is 10.5 Å². The number of ether oxygens (including phenoxy) is 1. The molecule has 9 heteroatoms. The zero-order valence-electron chi connectivity index (χ0n) is 12.9. The summed E-state index contributed by atoms with van der Waals surface area (Å²) < 4.78 is 32.4. The molecule has 0 atom stereocenters. The van der Waals surface area contributed by atoms with Gasteiger partial charge in [-0.15, -0.1) is 12.4 Å². The number of nitrogens with one attached hydrogen (secondary N) is 2. The van der Waals surface area contributed by atoms with Crippen LogP contribution in [0.15, 0.2) is 23.1 Å². The van der Waals surface area contributed by atoms with Crippen molar-refractivity contribution >= 4 is 34.0 Å². The van der Waals surface area contributed by atoms with Crippen molar-refractivity contribution in [2.75, 3.05) is 19.0 Å². The second-order valence-electron chi connectivity index (χ2n) is 5.20. The fraction of sp³-hybridized carbons (Fsp3) is 0.500. The molecule has 1 amide bonds. The van der Waals surface area contributed by atoms with Crippen molar-refractivity contribution in [2.24, 2.45) is 5.73 Å². The SMILES string of the molecule is COc1ccc(NC(=O)CCCN)cc1S(=O)(=O)NC1CC1.Cl. The molecule has 0 radical (unpaired) electrons. The van der Waals surface area contributed by atoms with Crippen molar-refractivity contribution in [3.8, 4) is 5.75 Å². The van der Waals surface area contributed by atoms with Crippen LogP contribution in [0.5, 0.6) is 5.75 Å². The lowest BCUT2D eigenvalue weighted by molar-refractivity contribution is -0.116. The van der Waals surface area contributed by atoms with Crippen LogP contribution in [-0.2, 0) is 14.8 Å². The van der Waals surface area contributed by atoms with Crippen LogP contribution in [0.4, 0.5) is 5.69 Å². The molecular formula is C14H22ClN3O4S. The average Bonchev–Trinajstić information content (AvgIpc) is 3.28. The number of benzene rings is 1. The van der Waals surface area contributed by atoms with E-state index in [0.717, 1.165) is 12.8 Å². The predicted octanol–water partition coefficient (Wildman–Crippen LogP) is 1.24. The van der Waals surface area contributed by atoms with Crippen LogP contribution in [0.2, 0.25) is 0 Å². The number of amides is 1. The van der Waals surface area contributed by atoms with Gasteiger partial charge in [0.2, 0.25) is 15.9 Å². The molecule has 7 nitrogen and oxygen atoms in total. The van der Waals surface area contributed by atoms with Gasteiger partial charge < -0.3 is 15.8 Å². The van der Waals surface area contributed by atoms with Crippen molar-refractivity contribution in [3.63, 3.8) is 0 Å². The molecule has 0 spiro atoms. The van der Waals surface area contributed by atoms with Crippen molar-refractivity contribution in [1.29, 1.82) is 0 Å². The molecule has 2 rings (SSSR count). The highest BCUT2D eigenvalue weighted by molar-refractivity contribution is 7.89. The summed E-state index contributed by atoms with van der Waals surface area (Å²) in [6.07, 6.45) is 2.56. The van der Waals surface area contributed by atoms with Crippen molar-refractivity contribution in [1.82, 2.24) is 4.72 Å². The van der Waals surface area contributed by atoms with Gasteiger partial charge in [-0.25, -0.2) is 13.1 Å². The van der Waals surface area contributed by atoms with Gasteiger partial charge >= 0.3 is 0 Å². The number of hydrogen-bond acceptors (Lipinski definition) is 5. The fourth-order valence-corrected chi connectivity index (χ4v) is 3.43. The third kappa shape index (κ3) is 5.65. The summed E-state index contributed by atoms with van der Waals surface area (Å²) in [5, 5.41) is 2.67. The Balaban J connectivity index is 0.00000264. The number of anilines is 1. The number of halogens is 1. The largest absolute Gasteiger partial charge is 0.495 e. The van der Waals surface area contributed by atoms with Gasteiger partial charge in [0, 0.05) is 18.2 Å². The smallest absolute Gasteiger partial charge is 0.244 e. The van der Waals surface area contributed by atoms with Gasteiger partial charge in [-0.2, -0.15) is 0 Å². The molecule has 130 valence electrons. The molecule has 1 saturated carbocycles. The fourth-order valence-electron chi connectivity index (χ4n) is 1.93. The van der Waals surface area contributed by atoms with Gasteiger partial charge in [-0.05, 0) is 44.0 Å². The van der Waals surface area contributed by atoms with E-state index in [-0.39, 0.29) is 35.0 Å². The summed E-state index contributed by atoms with van der Waals surface area (Å²) in [7, 11) is -2.25. The van der Waals surface area contributed by atoms with Gasteiger partial charge in [-0.1, -0.05) is 0 Å². The Labute approximate surface area is 142 Å². The first-order valence-corrected chi connectivity index (χ1v) is 8.65. The van der Waals surface area contributed by atoms with Gasteiger partial charge in [0.25, 0.3) is 0 Å². The minimum absolute atomic E-state index is 0. The lowest BCUT2D eigenvalue weighted by atomic mass is 10.2. The van der Waals surface area contributed by atoms with E-state index >= 15 is 0 Å². The summed E-state index contributed by atoms with van der Waals surface area (Å²) in [5.74, 6) is 0.0437. The lowest BCUT2D eigenvalue weighted by Crippen LogP contribution is -2.26. The molecule has 0 saturated heterocycles. The number of methoxy groups -OCH3 is 1. The summed E-state index contributed by atoms with van der Waals surface area (Å²) in [6.45, 7) is 0.432. The van der Waals surface area contributed by atoms with Crippen LogP contribution in [0.1, 0.15) is 25.7 Å². The summed E-state index contributed by atoms with van der Waals surface area (Å²) >= 11 is 0. The number of carbonyl (C=O) groups excluding carboxylic acids is 1. The molecule has 1 aromatic rings. The maximum Gasteiger partial charge on any atom is 0.244 e. The van der Waals surface area contributed by atoms with Crippen LogP contribution >= 0.6 is 12.4 Å². The minimum atomic E-state index is -3.66. The van der Waals surface area contributed by atoms with E-state index in [0.29, 0.717) is 25.1 Å². The Morgan fingerprint density at radius 3 is 2.65 bits per heavy atom. The van der Waals surface area contributed by atoms with Crippen molar-refractivity contribution in [3.05, 3.63) is 18.2 Å². The molecule has 1 fully saturated rings. The van der Waals surface area contributed by atoms with Gasteiger partial charge in [-0.3, -0.25) is 4.79 Å². The Kier molecular flexibility index (Phi) is 7.27. The number of rotatable bonds is 8. The van der Waals surface area contributed by atoms with Gasteiger partial charge in [0.1, 0.15) is 10.6 Å². The number of carbonyl (C=O) groups is 1. The Morgan fingerprint density at radius 2 is 2.09 bits per heavy atom. The zero-order chi connectivity index (χ0) is 16.2. The molecule has 0 aromatic heterocycles. The standard InChI is InChI=1S/C14H21N3O4S.ClH/c1-21-12-7-6-11(16-14(18)3-2-8-15)9-13(12)22(19,20)17-10-4-5-10;/h6-7,9-10,17H,2-5,8,15H2,1H3,(H,16,18);1H. The molecule has 4 N–H and O–H groups in total. The highest BCUT2D eigenvalue weighted by Crippen LogP contribution is 2.29. The molecule has 23 heavy (non-hydrogen) atoms. The molecule has 1 aromatic carbocycles. The van der Waals surface area contributed by atoms with Crippen LogP contribution in [0, 0.1) is 0 Å². The van der Waals surface area contributed by atoms with Gasteiger partial charge in [0.15, 0.2) is 0 Å². The van der Waals surface area contributed by atoms with Crippen molar-refractivity contribution < 1.29 is 17.9 Å². The average molecular weight is 364 g/mol. The first-order chi connectivity index (χ1) is 10.5. The number of hydrogen-bond donors (Lipinski definition) is 3. The topological polar surface area (TPSA) is 111 Å². The summed E-state index contributed by atoms with van der Waals surface area (Å²) in [4.78, 5) is 11.7. The van der Waals surface area contributed by atoms with Crippen molar-refractivity contribution in [2.45, 2.75) is 36.6 Å². The van der Waals surface area contributed by atoms with Crippen LogP contribution in [0.25, 0.3) is 0 Å². The van der Waals surface area contributed by atoms with E-state index in [1.807, 2.05) is 0 Å². The molecule has 1 aliphatic rings. The molecule has 0 unspecified atom stereocenters. The zero-order valence-corrected chi connectivity index (χ0v) is 14.5. The number of nitrogens with two attached hydrogens (primary N) is 1. The van der Waals surface area contributed by atoms with E-state index in [2.05, 4.69) is 10.0 Å². The molecule has 0 heterocycles. The van der Waals surface area contributed by atoms with Crippen LogP contribution < -0.4 is 20.5 Å². The molecule has 0 bridgehead atoms. The predicted molar refractivity (Wildman–Crippen MR) is 90.5 cm³/mol. The number of sulfonamides is 1. The molecule has 0 aliphatic heterocycles. The van der Waals surface area contributed by atoms with E-state index < -0.39 is 10.0 Å². The second kappa shape index (κ2) is 8.49. The quantitative estimate of drug-likeness (QED) is 0.643. The van der Waals surface area contributed by atoms with Gasteiger partial charge in [0.05, 0.1) is 7.11 Å². The first kappa shape index (κ1) is 19.7. The third-order valence-corrected chi connectivity index (χ3v) is 4.79. The van der Waals surface area contributed by atoms with E-state index in [1.165, 1.54) is 19.2 Å². The van der Waals surface area contributed by atoms with Crippen LogP contribution in [-0.4, -0.2) is 34.0 Å².